The van der Waals surface area contributed by atoms with Crippen molar-refractivity contribution in [2.24, 2.45) is 11.3 Å². The summed E-state index contributed by atoms with van der Waals surface area (Å²) in [5.41, 5.74) is -2.07. The van der Waals surface area contributed by atoms with Crippen molar-refractivity contribution in [1.82, 2.24) is 4.90 Å². The van der Waals surface area contributed by atoms with E-state index in [-0.39, 0.29) is 31.8 Å². The summed E-state index contributed by atoms with van der Waals surface area (Å²) in [6.07, 6.45) is 0.118. The Balaban J connectivity index is 2.39. The van der Waals surface area contributed by atoms with E-state index in [4.69, 9.17) is 5.11 Å². The first-order valence-electron chi connectivity index (χ1n) is 5.18. The first-order valence-corrected chi connectivity index (χ1v) is 5.18. The number of aliphatic carboxylic acids is 1. The molecule has 1 heterocycles. The predicted octanol–water partition coefficient (Wildman–Crippen LogP) is 0.965. The summed E-state index contributed by atoms with van der Waals surface area (Å²) in [6.45, 7) is 0.872. The summed E-state index contributed by atoms with van der Waals surface area (Å²) in [4.78, 5) is 23.5. The van der Waals surface area contributed by atoms with Crippen molar-refractivity contribution in [3.05, 3.63) is 0 Å². The summed E-state index contributed by atoms with van der Waals surface area (Å²) in [5, 5.41) is 9.03. The lowest BCUT2D eigenvalue weighted by molar-refractivity contribution is -0.197. The van der Waals surface area contributed by atoms with Crippen LogP contribution in [0.25, 0.3) is 0 Å². The number of carboxylic acids is 1. The molecule has 2 aliphatic rings. The largest absolute Gasteiger partial charge is 0.481 e. The van der Waals surface area contributed by atoms with Gasteiger partial charge in [-0.25, -0.2) is 8.78 Å². The third-order valence-electron chi connectivity index (χ3n) is 3.83. The van der Waals surface area contributed by atoms with Gasteiger partial charge in [-0.3, -0.25) is 9.59 Å². The fraction of sp³-hybridized carbons (Fsp3) is 0.800. The molecule has 2 atom stereocenters. The lowest BCUT2D eigenvalue weighted by Crippen LogP contribution is -2.60. The topological polar surface area (TPSA) is 57.6 Å². The first kappa shape index (κ1) is 11.3. The van der Waals surface area contributed by atoms with E-state index < -0.39 is 23.2 Å². The highest BCUT2D eigenvalue weighted by Gasteiger charge is 2.70. The minimum atomic E-state index is -3.20. The van der Waals surface area contributed by atoms with E-state index in [1.807, 2.05) is 0 Å². The van der Waals surface area contributed by atoms with Crippen LogP contribution in [0, 0.1) is 11.3 Å². The SMILES string of the molecule is CC(=O)N1CC2CCC(C(=O)O)(C1)C2(F)F. The average molecular weight is 233 g/mol. The number of hydrogen-bond acceptors (Lipinski definition) is 2. The Bertz CT molecular complexity index is 358. The standard InChI is InChI=1S/C10H13F2NO3/c1-6(14)13-4-7-2-3-9(5-13,8(15)16)10(7,11)12/h7H,2-5H2,1H3,(H,15,16). The fourth-order valence-corrected chi connectivity index (χ4v) is 2.76. The molecular formula is C10H13F2NO3. The minimum absolute atomic E-state index is 0.0304. The van der Waals surface area contributed by atoms with Crippen LogP contribution < -0.4 is 0 Å². The number of likely N-dealkylation sites (tertiary alicyclic amines) is 1. The van der Waals surface area contributed by atoms with E-state index in [0.717, 1.165) is 0 Å². The van der Waals surface area contributed by atoms with Gasteiger partial charge in [-0.15, -0.1) is 0 Å². The third kappa shape index (κ3) is 1.18. The molecule has 2 rings (SSSR count). The number of halogens is 2. The van der Waals surface area contributed by atoms with Crippen molar-refractivity contribution in [3.63, 3.8) is 0 Å². The molecule has 2 unspecified atom stereocenters. The van der Waals surface area contributed by atoms with Crippen LogP contribution in [0.4, 0.5) is 8.78 Å². The highest BCUT2D eigenvalue weighted by molar-refractivity contribution is 5.80. The number of carbonyl (C=O) groups excluding carboxylic acids is 1. The van der Waals surface area contributed by atoms with Gasteiger partial charge in [0.25, 0.3) is 5.92 Å². The molecule has 1 aliphatic heterocycles. The van der Waals surface area contributed by atoms with Crippen LogP contribution in [0.3, 0.4) is 0 Å². The van der Waals surface area contributed by atoms with E-state index in [1.54, 1.807) is 0 Å². The van der Waals surface area contributed by atoms with Crippen molar-refractivity contribution in [2.75, 3.05) is 13.1 Å². The Kier molecular flexibility index (Phi) is 2.22. The summed E-state index contributed by atoms with van der Waals surface area (Å²) in [7, 11) is 0. The Hall–Kier alpha value is -1.20. The fourth-order valence-electron chi connectivity index (χ4n) is 2.76. The maximum atomic E-state index is 13.9. The molecule has 0 aromatic carbocycles. The first-order chi connectivity index (χ1) is 7.31. The Morgan fingerprint density at radius 2 is 2.06 bits per heavy atom. The van der Waals surface area contributed by atoms with E-state index in [0.29, 0.717) is 0 Å². The summed E-state index contributed by atoms with van der Waals surface area (Å²) in [5.74, 6) is -6.05. The van der Waals surface area contributed by atoms with Crippen molar-refractivity contribution >= 4 is 11.9 Å². The molecule has 0 spiro atoms. The molecular weight excluding hydrogens is 220 g/mol. The van der Waals surface area contributed by atoms with Gasteiger partial charge < -0.3 is 10.0 Å². The van der Waals surface area contributed by atoms with Gasteiger partial charge in [-0.05, 0) is 12.8 Å². The number of nitrogens with zero attached hydrogens (tertiary/aromatic N) is 1. The summed E-state index contributed by atoms with van der Waals surface area (Å²) >= 11 is 0. The van der Waals surface area contributed by atoms with Gasteiger partial charge in [-0.2, -0.15) is 0 Å². The Morgan fingerprint density at radius 1 is 1.44 bits per heavy atom. The maximum Gasteiger partial charge on any atom is 0.317 e. The number of amides is 1. The van der Waals surface area contributed by atoms with Gasteiger partial charge in [0.05, 0.1) is 0 Å². The van der Waals surface area contributed by atoms with Gasteiger partial charge in [0.2, 0.25) is 5.91 Å². The smallest absolute Gasteiger partial charge is 0.317 e. The van der Waals surface area contributed by atoms with Crippen LogP contribution in [-0.4, -0.2) is 40.9 Å². The number of alkyl halides is 2. The third-order valence-corrected chi connectivity index (χ3v) is 3.83. The average Bonchev–Trinajstić information content (AvgIpc) is 2.38. The highest BCUT2D eigenvalue weighted by Crippen LogP contribution is 2.57. The second-order valence-corrected chi connectivity index (χ2v) is 4.65. The second-order valence-electron chi connectivity index (χ2n) is 4.65. The molecule has 0 aromatic rings. The normalized spacial score (nSPS) is 36.2. The summed E-state index contributed by atoms with van der Waals surface area (Å²) < 4.78 is 27.8. The van der Waals surface area contributed by atoms with Gasteiger partial charge in [0, 0.05) is 25.9 Å². The minimum Gasteiger partial charge on any atom is -0.481 e. The van der Waals surface area contributed by atoms with E-state index >= 15 is 0 Å². The van der Waals surface area contributed by atoms with Gasteiger partial charge >= 0.3 is 5.97 Å². The maximum absolute atomic E-state index is 13.9. The number of carbonyl (C=O) groups is 2. The second kappa shape index (κ2) is 3.15. The molecule has 1 amide bonds. The molecule has 2 bridgehead atoms. The van der Waals surface area contributed by atoms with Crippen LogP contribution in [0.2, 0.25) is 0 Å². The highest BCUT2D eigenvalue weighted by atomic mass is 19.3. The molecule has 1 aliphatic carbocycles. The zero-order chi connectivity index (χ0) is 12.1. The van der Waals surface area contributed by atoms with Crippen molar-refractivity contribution in [1.29, 1.82) is 0 Å². The van der Waals surface area contributed by atoms with Crippen molar-refractivity contribution in [2.45, 2.75) is 25.7 Å². The number of hydrogen-bond donors (Lipinski definition) is 1. The molecule has 0 aromatic heterocycles. The van der Waals surface area contributed by atoms with Gasteiger partial charge in [0.1, 0.15) is 5.41 Å². The Labute approximate surface area is 91.2 Å². The molecule has 1 saturated carbocycles. The molecule has 6 heteroatoms. The lowest BCUT2D eigenvalue weighted by Gasteiger charge is -2.43. The predicted molar refractivity (Wildman–Crippen MR) is 50.0 cm³/mol. The van der Waals surface area contributed by atoms with Crippen LogP contribution in [0.1, 0.15) is 19.8 Å². The number of fused-ring (bicyclic) bond motifs is 2. The zero-order valence-corrected chi connectivity index (χ0v) is 8.87. The molecule has 90 valence electrons. The van der Waals surface area contributed by atoms with E-state index in [1.165, 1.54) is 11.8 Å². The molecule has 0 radical (unpaired) electrons. The van der Waals surface area contributed by atoms with Crippen molar-refractivity contribution in [3.8, 4) is 0 Å². The zero-order valence-electron chi connectivity index (χ0n) is 8.87. The molecule has 1 saturated heterocycles. The van der Waals surface area contributed by atoms with Crippen LogP contribution in [0.15, 0.2) is 0 Å². The quantitative estimate of drug-likeness (QED) is 0.734. The van der Waals surface area contributed by atoms with Gasteiger partial charge in [-0.1, -0.05) is 0 Å². The number of piperidine rings is 1. The van der Waals surface area contributed by atoms with Crippen LogP contribution in [0.5, 0.6) is 0 Å². The molecule has 1 N–H and O–H groups in total. The van der Waals surface area contributed by atoms with Crippen LogP contribution in [-0.2, 0) is 9.59 Å². The lowest BCUT2D eigenvalue weighted by atomic mass is 9.78. The van der Waals surface area contributed by atoms with E-state index in [9.17, 15) is 18.4 Å². The summed E-state index contributed by atoms with van der Waals surface area (Å²) in [6, 6.07) is 0. The number of rotatable bonds is 1. The molecule has 16 heavy (non-hydrogen) atoms. The number of carboxylic acid groups (broad SMARTS) is 1. The van der Waals surface area contributed by atoms with Crippen LogP contribution >= 0.6 is 0 Å². The van der Waals surface area contributed by atoms with E-state index in [2.05, 4.69) is 0 Å². The van der Waals surface area contributed by atoms with Gasteiger partial charge in [0.15, 0.2) is 0 Å². The van der Waals surface area contributed by atoms with Crippen molar-refractivity contribution < 1.29 is 23.5 Å². The monoisotopic (exact) mass is 233 g/mol. The molecule has 2 fully saturated rings. The molecule has 4 nitrogen and oxygen atoms in total. The Morgan fingerprint density at radius 3 is 2.56 bits per heavy atom.